The Balaban J connectivity index is 3.23. The van der Waals surface area contributed by atoms with Crippen LogP contribution < -0.4 is 15.9 Å². The van der Waals surface area contributed by atoms with Gasteiger partial charge in [0, 0.05) is 18.3 Å². The number of ether oxygens (including phenoxy) is 2. The smallest absolute Gasteiger partial charge is 0.461 e. The van der Waals surface area contributed by atoms with Gasteiger partial charge in [-0.15, -0.1) is 13.2 Å². The standard InChI is InChI=1S/C10H11F3N2O4/c1-2-18-9(17)7-5(3-14)8(16)6(4-15-7)19-10(11,12)13/h4H,2-3,14H2,1H3,(H,15,16). The van der Waals surface area contributed by atoms with Gasteiger partial charge in [-0.2, -0.15) is 0 Å². The Morgan fingerprint density at radius 1 is 1.47 bits per heavy atom. The number of carbonyl (C=O) groups excluding carboxylic acids is 1. The number of aromatic amines is 1. The first-order valence-electron chi connectivity index (χ1n) is 5.17. The summed E-state index contributed by atoms with van der Waals surface area (Å²) < 4.78 is 44.3. The molecule has 0 unspecified atom stereocenters. The number of halogens is 3. The molecule has 19 heavy (non-hydrogen) atoms. The molecule has 0 bridgehead atoms. The largest absolute Gasteiger partial charge is 0.573 e. The molecule has 0 saturated heterocycles. The zero-order chi connectivity index (χ0) is 14.6. The fourth-order valence-corrected chi connectivity index (χ4v) is 1.33. The summed E-state index contributed by atoms with van der Waals surface area (Å²) in [7, 11) is 0. The van der Waals surface area contributed by atoms with Gasteiger partial charge >= 0.3 is 12.3 Å². The molecule has 0 aliphatic carbocycles. The highest BCUT2D eigenvalue weighted by atomic mass is 19.4. The molecule has 0 spiro atoms. The van der Waals surface area contributed by atoms with Crippen molar-refractivity contribution in [3.05, 3.63) is 27.7 Å². The fraction of sp³-hybridized carbons (Fsp3) is 0.400. The fourth-order valence-electron chi connectivity index (χ4n) is 1.33. The van der Waals surface area contributed by atoms with Crippen molar-refractivity contribution >= 4 is 5.97 Å². The molecule has 1 rings (SSSR count). The van der Waals surface area contributed by atoms with Crippen LogP contribution in [-0.4, -0.2) is 23.9 Å². The van der Waals surface area contributed by atoms with E-state index in [-0.39, 0.29) is 17.9 Å². The van der Waals surface area contributed by atoms with Gasteiger partial charge < -0.3 is 20.2 Å². The van der Waals surface area contributed by atoms with Gasteiger partial charge in [-0.1, -0.05) is 0 Å². The lowest BCUT2D eigenvalue weighted by atomic mass is 10.2. The minimum absolute atomic E-state index is 0.0473. The number of rotatable bonds is 4. The minimum Gasteiger partial charge on any atom is -0.461 e. The van der Waals surface area contributed by atoms with E-state index in [0.29, 0.717) is 6.20 Å². The third-order valence-corrected chi connectivity index (χ3v) is 2.06. The number of hydrogen-bond donors (Lipinski definition) is 2. The molecule has 0 atom stereocenters. The van der Waals surface area contributed by atoms with Crippen LogP contribution in [-0.2, 0) is 11.3 Å². The van der Waals surface area contributed by atoms with Crippen LogP contribution in [0.3, 0.4) is 0 Å². The second kappa shape index (κ2) is 5.74. The van der Waals surface area contributed by atoms with Crippen molar-refractivity contribution in [3.63, 3.8) is 0 Å². The Labute approximate surface area is 105 Å². The van der Waals surface area contributed by atoms with Crippen molar-refractivity contribution in [1.29, 1.82) is 0 Å². The maximum atomic E-state index is 12.0. The highest BCUT2D eigenvalue weighted by Crippen LogP contribution is 2.20. The molecule has 0 aromatic carbocycles. The lowest BCUT2D eigenvalue weighted by Crippen LogP contribution is -2.27. The highest BCUT2D eigenvalue weighted by Gasteiger charge is 2.33. The van der Waals surface area contributed by atoms with Gasteiger partial charge in [0.05, 0.1) is 6.61 Å². The second-order valence-corrected chi connectivity index (χ2v) is 3.31. The van der Waals surface area contributed by atoms with Crippen LogP contribution in [0.15, 0.2) is 11.0 Å². The molecule has 0 saturated carbocycles. The molecule has 0 amide bonds. The summed E-state index contributed by atoms with van der Waals surface area (Å²) in [5.41, 5.74) is 3.52. The quantitative estimate of drug-likeness (QED) is 0.799. The van der Waals surface area contributed by atoms with E-state index in [2.05, 4.69) is 14.5 Å². The summed E-state index contributed by atoms with van der Waals surface area (Å²) in [4.78, 5) is 25.4. The predicted molar refractivity (Wildman–Crippen MR) is 57.6 cm³/mol. The molecule has 0 aliphatic rings. The predicted octanol–water partition coefficient (Wildman–Crippen LogP) is 0.909. The van der Waals surface area contributed by atoms with Crippen LogP contribution in [0.25, 0.3) is 0 Å². The summed E-state index contributed by atoms with van der Waals surface area (Å²) in [6.45, 7) is 1.16. The van der Waals surface area contributed by atoms with Crippen LogP contribution in [0.2, 0.25) is 0 Å². The van der Waals surface area contributed by atoms with Crippen LogP contribution in [0.1, 0.15) is 23.0 Å². The summed E-state index contributed by atoms with van der Waals surface area (Å²) in [5, 5.41) is 0. The minimum atomic E-state index is -5.01. The van der Waals surface area contributed by atoms with Crippen molar-refractivity contribution in [1.82, 2.24) is 4.98 Å². The van der Waals surface area contributed by atoms with Crippen molar-refractivity contribution in [3.8, 4) is 5.75 Å². The van der Waals surface area contributed by atoms with E-state index in [9.17, 15) is 22.8 Å². The first kappa shape index (κ1) is 15.0. The summed E-state index contributed by atoms with van der Waals surface area (Å²) in [5.74, 6) is -1.86. The zero-order valence-corrected chi connectivity index (χ0v) is 9.84. The summed E-state index contributed by atoms with van der Waals surface area (Å²) in [6.07, 6.45) is -4.37. The van der Waals surface area contributed by atoms with E-state index in [1.54, 1.807) is 6.92 Å². The van der Waals surface area contributed by atoms with Gasteiger partial charge in [0.15, 0.2) is 5.75 Å². The van der Waals surface area contributed by atoms with Gasteiger partial charge in [0.1, 0.15) is 5.69 Å². The number of pyridine rings is 1. The second-order valence-electron chi connectivity index (χ2n) is 3.31. The molecule has 0 fully saturated rings. The topological polar surface area (TPSA) is 94.4 Å². The lowest BCUT2D eigenvalue weighted by molar-refractivity contribution is -0.275. The Hall–Kier alpha value is -2.03. The molecule has 1 aromatic rings. The maximum absolute atomic E-state index is 12.0. The first-order chi connectivity index (χ1) is 8.80. The normalized spacial score (nSPS) is 11.2. The van der Waals surface area contributed by atoms with E-state index in [0.717, 1.165) is 0 Å². The molecule has 6 nitrogen and oxygen atoms in total. The third kappa shape index (κ3) is 3.71. The average molecular weight is 280 g/mol. The summed E-state index contributed by atoms with van der Waals surface area (Å²) in [6, 6.07) is 0. The van der Waals surface area contributed by atoms with Crippen molar-refractivity contribution < 1.29 is 27.4 Å². The number of carbonyl (C=O) groups is 1. The molecule has 0 aliphatic heterocycles. The number of aromatic nitrogens is 1. The van der Waals surface area contributed by atoms with Gasteiger partial charge in [0.2, 0.25) is 5.43 Å². The average Bonchev–Trinajstić information content (AvgIpc) is 2.30. The molecule has 3 N–H and O–H groups in total. The number of nitrogens with two attached hydrogens (primary N) is 1. The Morgan fingerprint density at radius 3 is 2.58 bits per heavy atom. The van der Waals surface area contributed by atoms with E-state index >= 15 is 0 Å². The number of hydrogen-bond acceptors (Lipinski definition) is 5. The van der Waals surface area contributed by atoms with Gasteiger partial charge in [0.25, 0.3) is 0 Å². The van der Waals surface area contributed by atoms with Crippen LogP contribution >= 0.6 is 0 Å². The maximum Gasteiger partial charge on any atom is 0.573 e. The molecule has 106 valence electrons. The first-order valence-corrected chi connectivity index (χ1v) is 5.17. The van der Waals surface area contributed by atoms with E-state index in [1.165, 1.54) is 0 Å². The molecule has 0 radical (unpaired) electrons. The summed E-state index contributed by atoms with van der Waals surface area (Å²) >= 11 is 0. The Kier molecular flexibility index (Phi) is 4.54. The SMILES string of the molecule is CCOC(=O)c1[nH]cc(OC(F)(F)F)c(=O)c1CN. The monoisotopic (exact) mass is 280 g/mol. The van der Waals surface area contributed by atoms with Gasteiger partial charge in [-0.3, -0.25) is 4.79 Å². The molecule has 1 heterocycles. The van der Waals surface area contributed by atoms with Crippen LogP contribution in [0.4, 0.5) is 13.2 Å². The number of H-pyrrole nitrogens is 1. The molecular weight excluding hydrogens is 269 g/mol. The molecular formula is C10H11F3N2O4. The number of nitrogens with one attached hydrogen (secondary N) is 1. The molecule has 9 heteroatoms. The van der Waals surface area contributed by atoms with E-state index < -0.39 is 30.1 Å². The zero-order valence-electron chi connectivity index (χ0n) is 9.84. The van der Waals surface area contributed by atoms with Gasteiger partial charge in [-0.25, -0.2) is 4.79 Å². The number of alkyl halides is 3. The van der Waals surface area contributed by atoms with Crippen LogP contribution in [0.5, 0.6) is 5.75 Å². The molecule has 1 aromatic heterocycles. The highest BCUT2D eigenvalue weighted by molar-refractivity contribution is 5.89. The lowest BCUT2D eigenvalue weighted by Gasteiger charge is -2.11. The van der Waals surface area contributed by atoms with E-state index in [1.807, 2.05) is 0 Å². The van der Waals surface area contributed by atoms with Crippen molar-refractivity contribution in [2.45, 2.75) is 19.8 Å². The number of esters is 1. The third-order valence-electron chi connectivity index (χ3n) is 2.06. The van der Waals surface area contributed by atoms with E-state index in [4.69, 9.17) is 5.73 Å². The van der Waals surface area contributed by atoms with Crippen molar-refractivity contribution in [2.75, 3.05) is 6.61 Å². The van der Waals surface area contributed by atoms with Gasteiger partial charge in [-0.05, 0) is 6.92 Å². The Bertz CT molecular complexity index is 524. The van der Waals surface area contributed by atoms with Crippen LogP contribution in [0, 0.1) is 0 Å². The Morgan fingerprint density at radius 2 is 2.11 bits per heavy atom. The van der Waals surface area contributed by atoms with Crippen molar-refractivity contribution in [2.24, 2.45) is 5.73 Å².